The fourth-order valence-corrected chi connectivity index (χ4v) is 2.46. The second-order valence-corrected chi connectivity index (χ2v) is 4.91. The Morgan fingerprint density at radius 2 is 2.16 bits per heavy atom. The fourth-order valence-electron chi connectivity index (χ4n) is 1.76. The molecule has 0 fully saturated rings. The topological polar surface area (TPSA) is 54.5 Å². The van der Waals surface area contributed by atoms with Crippen LogP contribution in [0.25, 0.3) is 0 Å². The fraction of sp³-hybridized carbons (Fsp3) is 0.692. The number of anilines is 1. The van der Waals surface area contributed by atoms with Crippen LogP contribution >= 0.6 is 11.3 Å². The van der Waals surface area contributed by atoms with E-state index in [2.05, 4.69) is 29.0 Å². The molecule has 1 rings (SSSR count). The van der Waals surface area contributed by atoms with Crippen molar-refractivity contribution in [2.45, 2.75) is 27.2 Å². The molecule has 5 nitrogen and oxygen atoms in total. The Morgan fingerprint density at radius 3 is 2.79 bits per heavy atom. The molecule has 1 aromatic rings. The van der Waals surface area contributed by atoms with Crippen molar-refractivity contribution < 1.29 is 9.53 Å². The monoisotopic (exact) mass is 285 g/mol. The first-order valence-electron chi connectivity index (χ1n) is 6.79. The Balaban J connectivity index is 2.37. The lowest BCUT2D eigenvalue weighted by Crippen LogP contribution is -2.25. The zero-order valence-electron chi connectivity index (χ0n) is 11.9. The summed E-state index contributed by atoms with van der Waals surface area (Å²) in [4.78, 5) is 18.1. The Labute approximate surface area is 119 Å². The molecule has 0 aromatic carbocycles. The highest BCUT2D eigenvalue weighted by Gasteiger charge is 2.15. The van der Waals surface area contributed by atoms with Crippen molar-refractivity contribution in [3.05, 3.63) is 11.2 Å². The molecule has 1 aromatic heterocycles. The Morgan fingerprint density at radius 1 is 1.42 bits per heavy atom. The maximum absolute atomic E-state index is 11.6. The van der Waals surface area contributed by atoms with E-state index in [4.69, 9.17) is 4.74 Å². The predicted molar refractivity (Wildman–Crippen MR) is 79.0 cm³/mol. The second-order valence-electron chi connectivity index (χ2n) is 4.06. The highest BCUT2D eigenvalue weighted by molar-refractivity contribution is 7.14. The third-order valence-corrected chi connectivity index (χ3v) is 3.65. The van der Waals surface area contributed by atoms with Gasteiger partial charge in [0.2, 0.25) is 0 Å². The highest BCUT2D eigenvalue weighted by atomic mass is 32.1. The van der Waals surface area contributed by atoms with Crippen LogP contribution in [-0.2, 0) is 4.74 Å². The first-order chi connectivity index (χ1) is 9.22. The molecule has 0 amide bonds. The molecular formula is C13H23N3O2S. The number of nitrogens with zero attached hydrogens (tertiary/aromatic N) is 2. The summed E-state index contributed by atoms with van der Waals surface area (Å²) in [5.41, 5.74) is 2.06. The van der Waals surface area contributed by atoms with Crippen molar-refractivity contribution in [2.24, 2.45) is 0 Å². The van der Waals surface area contributed by atoms with Crippen molar-refractivity contribution >= 4 is 22.3 Å². The molecule has 0 saturated carbocycles. The van der Waals surface area contributed by atoms with Gasteiger partial charge in [0.15, 0.2) is 5.69 Å². The van der Waals surface area contributed by atoms with E-state index in [-0.39, 0.29) is 5.97 Å². The van der Waals surface area contributed by atoms with E-state index in [1.54, 1.807) is 12.4 Å². The number of hydrogen-bond donors (Lipinski definition) is 1. The Kier molecular flexibility index (Phi) is 7.43. The lowest BCUT2D eigenvalue weighted by molar-refractivity contribution is 0.0521. The molecule has 1 N–H and O–H groups in total. The van der Waals surface area contributed by atoms with Crippen LogP contribution in [0.2, 0.25) is 0 Å². The zero-order chi connectivity index (χ0) is 14.1. The van der Waals surface area contributed by atoms with Gasteiger partial charge in [0.25, 0.3) is 0 Å². The zero-order valence-corrected chi connectivity index (χ0v) is 12.8. The quantitative estimate of drug-likeness (QED) is 0.558. The summed E-state index contributed by atoms with van der Waals surface area (Å²) in [6.07, 6.45) is 1.04. The predicted octanol–water partition coefficient (Wildman–Crippen LogP) is 2.46. The van der Waals surface area contributed by atoms with E-state index in [1.165, 1.54) is 11.3 Å². The number of carbonyl (C=O) groups is 1. The van der Waals surface area contributed by atoms with Gasteiger partial charge in [-0.3, -0.25) is 0 Å². The lowest BCUT2D eigenvalue weighted by Gasteiger charge is -2.17. The van der Waals surface area contributed by atoms with E-state index < -0.39 is 0 Å². The number of hydrogen-bond acceptors (Lipinski definition) is 6. The third-order valence-electron chi connectivity index (χ3n) is 2.87. The molecule has 0 bridgehead atoms. The van der Waals surface area contributed by atoms with Gasteiger partial charge in [-0.05, 0) is 33.0 Å². The van der Waals surface area contributed by atoms with Gasteiger partial charge in [0.05, 0.1) is 12.1 Å². The van der Waals surface area contributed by atoms with Crippen LogP contribution in [0.4, 0.5) is 5.00 Å². The molecule has 0 aliphatic carbocycles. The largest absolute Gasteiger partial charge is 0.461 e. The maximum atomic E-state index is 11.6. The molecule has 0 aliphatic heterocycles. The van der Waals surface area contributed by atoms with Gasteiger partial charge in [0.1, 0.15) is 5.00 Å². The minimum Gasteiger partial charge on any atom is -0.461 e. The van der Waals surface area contributed by atoms with Gasteiger partial charge in [0, 0.05) is 6.54 Å². The average Bonchev–Trinajstić information content (AvgIpc) is 2.88. The van der Waals surface area contributed by atoms with Crippen LogP contribution in [0.5, 0.6) is 0 Å². The van der Waals surface area contributed by atoms with Crippen LogP contribution < -0.4 is 5.32 Å². The number of ether oxygens (including phenoxy) is 1. The van der Waals surface area contributed by atoms with Crippen LogP contribution in [0.3, 0.4) is 0 Å². The first kappa shape index (κ1) is 15.9. The van der Waals surface area contributed by atoms with Gasteiger partial charge < -0.3 is 15.0 Å². The van der Waals surface area contributed by atoms with Gasteiger partial charge in [-0.15, -0.1) is 11.3 Å². The smallest absolute Gasteiger partial charge is 0.360 e. The molecule has 0 unspecified atom stereocenters. The summed E-state index contributed by atoms with van der Waals surface area (Å²) >= 11 is 1.44. The summed E-state index contributed by atoms with van der Waals surface area (Å²) < 4.78 is 4.96. The van der Waals surface area contributed by atoms with Crippen LogP contribution in [0, 0.1) is 0 Å². The van der Waals surface area contributed by atoms with Crippen molar-refractivity contribution in [3.8, 4) is 0 Å². The van der Waals surface area contributed by atoms with Gasteiger partial charge in [-0.2, -0.15) is 0 Å². The maximum Gasteiger partial charge on any atom is 0.360 e. The molecular weight excluding hydrogens is 262 g/mol. The van der Waals surface area contributed by atoms with Gasteiger partial charge in [-0.1, -0.05) is 13.8 Å². The minimum atomic E-state index is -0.352. The lowest BCUT2D eigenvalue weighted by atomic mass is 10.3. The Bertz CT molecular complexity index is 378. The molecule has 0 atom stereocenters. The summed E-state index contributed by atoms with van der Waals surface area (Å²) in [6, 6.07) is 0. The molecule has 108 valence electrons. The standard InChI is InChI=1S/C13H23N3O2S/c1-4-16(5-2)9-7-8-14-12-11(15-10-19-12)13(17)18-6-3/h10,14H,4-9H2,1-3H3. The molecule has 0 spiro atoms. The van der Waals surface area contributed by atoms with Crippen molar-refractivity contribution in [1.82, 2.24) is 9.88 Å². The summed E-state index contributed by atoms with van der Waals surface area (Å²) in [6.45, 7) is 10.5. The molecule has 0 radical (unpaired) electrons. The van der Waals surface area contributed by atoms with Crippen molar-refractivity contribution in [2.75, 3.05) is 38.1 Å². The van der Waals surface area contributed by atoms with Crippen LogP contribution in [-0.4, -0.2) is 48.6 Å². The van der Waals surface area contributed by atoms with E-state index in [9.17, 15) is 4.79 Å². The SMILES string of the molecule is CCOC(=O)c1ncsc1NCCCN(CC)CC. The number of carbonyl (C=O) groups excluding carboxylic acids is 1. The molecule has 1 heterocycles. The van der Waals surface area contributed by atoms with E-state index in [0.717, 1.165) is 37.6 Å². The molecule has 6 heteroatoms. The molecule has 19 heavy (non-hydrogen) atoms. The van der Waals surface area contributed by atoms with Gasteiger partial charge >= 0.3 is 5.97 Å². The average molecular weight is 285 g/mol. The minimum absolute atomic E-state index is 0.352. The Hall–Kier alpha value is -1.14. The van der Waals surface area contributed by atoms with Crippen molar-refractivity contribution in [1.29, 1.82) is 0 Å². The molecule has 0 aliphatic rings. The number of nitrogens with one attached hydrogen (secondary N) is 1. The normalized spacial score (nSPS) is 10.7. The molecule has 0 saturated heterocycles. The summed E-state index contributed by atoms with van der Waals surface area (Å²) in [5.74, 6) is -0.352. The van der Waals surface area contributed by atoms with E-state index in [1.807, 2.05) is 0 Å². The van der Waals surface area contributed by atoms with Crippen molar-refractivity contribution in [3.63, 3.8) is 0 Å². The first-order valence-corrected chi connectivity index (χ1v) is 7.67. The second kappa shape index (κ2) is 8.87. The number of thiazole rings is 1. The van der Waals surface area contributed by atoms with Crippen LogP contribution in [0.1, 0.15) is 37.7 Å². The number of esters is 1. The summed E-state index contributed by atoms with van der Waals surface area (Å²) in [7, 11) is 0. The third kappa shape index (κ3) is 5.16. The van der Waals surface area contributed by atoms with E-state index >= 15 is 0 Å². The van der Waals surface area contributed by atoms with E-state index in [0.29, 0.717) is 12.3 Å². The number of rotatable bonds is 9. The summed E-state index contributed by atoms with van der Waals surface area (Å²) in [5, 5.41) is 4.07. The van der Waals surface area contributed by atoms with Gasteiger partial charge in [-0.25, -0.2) is 9.78 Å². The highest BCUT2D eigenvalue weighted by Crippen LogP contribution is 2.20. The van der Waals surface area contributed by atoms with Crippen LogP contribution in [0.15, 0.2) is 5.51 Å². The number of aromatic nitrogens is 1.